The minimum Gasteiger partial charge on any atom is -0.409 e. The van der Waals surface area contributed by atoms with Gasteiger partial charge in [0.2, 0.25) is 0 Å². The van der Waals surface area contributed by atoms with Gasteiger partial charge in [-0.05, 0) is 39.1 Å². The van der Waals surface area contributed by atoms with E-state index < -0.39 is 0 Å². The Morgan fingerprint density at radius 1 is 1.42 bits per heavy atom. The van der Waals surface area contributed by atoms with E-state index in [0.29, 0.717) is 11.6 Å². The number of pyridine rings is 1. The number of rotatable bonds is 3. The zero-order valence-corrected chi connectivity index (χ0v) is 11.5. The topological polar surface area (TPSA) is 78.0 Å². The molecule has 6 nitrogen and oxygen atoms in total. The molecule has 6 heteroatoms. The van der Waals surface area contributed by atoms with Gasteiger partial charge in [-0.15, -0.1) is 0 Å². The summed E-state index contributed by atoms with van der Waals surface area (Å²) >= 11 is 0. The van der Waals surface area contributed by atoms with Crippen molar-refractivity contribution in [1.29, 1.82) is 0 Å². The zero-order chi connectivity index (χ0) is 13.8. The number of hydrogen-bond acceptors (Lipinski definition) is 5. The molecule has 1 aliphatic rings. The summed E-state index contributed by atoms with van der Waals surface area (Å²) in [6, 6.07) is 4.41. The summed E-state index contributed by atoms with van der Waals surface area (Å²) in [5, 5.41) is 11.6. The third-order valence-electron chi connectivity index (χ3n) is 3.67. The van der Waals surface area contributed by atoms with E-state index in [1.807, 2.05) is 12.1 Å². The maximum absolute atomic E-state index is 8.61. The summed E-state index contributed by atoms with van der Waals surface area (Å²) in [5.41, 5.74) is 6.15. The Morgan fingerprint density at radius 2 is 2.11 bits per heavy atom. The summed E-state index contributed by atoms with van der Waals surface area (Å²) in [6.07, 6.45) is 3.94. The van der Waals surface area contributed by atoms with Gasteiger partial charge in [-0.25, -0.2) is 4.98 Å². The van der Waals surface area contributed by atoms with Gasteiger partial charge in [-0.3, -0.25) is 0 Å². The molecule has 0 atom stereocenters. The van der Waals surface area contributed by atoms with Gasteiger partial charge in [0.1, 0.15) is 5.82 Å². The standard InChI is InChI=1S/C13H21N5O/c1-17(2)11-5-7-18(8-6-11)12-4-3-10(9-15-12)13(14)16-19/h3-4,9,11,19H,5-8H2,1-2H3,(H2,14,16). The van der Waals surface area contributed by atoms with Crippen LogP contribution in [0.5, 0.6) is 0 Å². The summed E-state index contributed by atoms with van der Waals surface area (Å²) in [4.78, 5) is 8.94. The van der Waals surface area contributed by atoms with E-state index in [-0.39, 0.29) is 5.84 Å². The third-order valence-corrected chi connectivity index (χ3v) is 3.67. The highest BCUT2D eigenvalue weighted by molar-refractivity contribution is 5.96. The van der Waals surface area contributed by atoms with Crippen molar-refractivity contribution in [3.63, 3.8) is 0 Å². The van der Waals surface area contributed by atoms with Crippen molar-refractivity contribution < 1.29 is 5.21 Å². The molecule has 1 aromatic rings. The minimum absolute atomic E-state index is 0.0883. The fraction of sp³-hybridized carbons (Fsp3) is 0.538. The summed E-state index contributed by atoms with van der Waals surface area (Å²) in [7, 11) is 4.26. The summed E-state index contributed by atoms with van der Waals surface area (Å²) in [6.45, 7) is 2.03. The highest BCUT2D eigenvalue weighted by atomic mass is 16.4. The Labute approximate surface area is 113 Å². The smallest absolute Gasteiger partial charge is 0.171 e. The first-order chi connectivity index (χ1) is 9.11. The van der Waals surface area contributed by atoms with E-state index in [9.17, 15) is 0 Å². The lowest BCUT2D eigenvalue weighted by molar-refractivity contribution is 0.249. The molecule has 0 bridgehead atoms. The number of amidine groups is 1. The van der Waals surface area contributed by atoms with Crippen LogP contribution >= 0.6 is 0 Å². The van der Waals surface area contributed by atoms with Crippen LogP contribution in [0.15, 0.2) is 23.5 Å². The number of piperidine rings is 1. The second kappa shape index (κ2) is 5.88. The molecule has 0 aromatic carbocycles. The lowest BCUT2D eigenvalue weighted by Gasteiger charge is -2.35. The SMILES string of the molecule is CN(C)C1CCN(c2ccc(/C(N)=N/O)cn2)CC1. The zero-order valence-electron chi connectivity index (χ0n) is 11.5. The second-order valence-corrected chi connectivity index (χ2v) is 5.07. The summed E-state index contributed by atoms with van der Waals surface area (Å²) in [5.74, 6) is 1.04. The normalized spacial score (nSPS) is 18.1. The highest BCUT2D eigenvalue weighted by Gasteiger charge is 2.21. The number of anilines is 1. The summed E-state index contributed by atoms with van der Waals surface area (Å²) < 4.78 is 0. The maximum Gasteiger partial charge on any atom is 0.171 e. The highest BCUT2D eigenvalue weighted by Crippen LogP contribution is 2.19. The van der Waals surface area contributed by atoms with Crippen molar-refractivity contribution in [3.05, 3.63) is 23.9 Å². The molecule has 2 heterocycles. The van der Waals surface area contributed by atoms with Gasteiger partial charge in [0.05, 0.1) is 0 Å². The third kappa shape index (κ3) is 3.14. The van der Waals surface area contributed by atoms with Gasteiger partial charge in [0.25, 0.3) is 0 Å². The molecule has 19 heavy (non-hydrogen) atoms. The average Bonchev–Trinajstić information content (AvgIpc) is 2.46. The quantitative estimate of drug-likeness (QED) is 0.363. The fourth-order valence-electron chi connectivity index (χ4n) is 2.39. The molecule has 0 saturated carbocycles. The van der Waals surface area contributed by atoms with Crippen molar-refractivity contribution >= 4 is 11.7 Å². The van der Waals surface area contributed by atoms with Crippen LogP contribution in [0.25, 0.3) is 0 Å². The van der Waals surface area contributed by atoms with Gasteiger partial charge >= 0.3 is 0 Å². The Balaban J connectivity index is 2.00. The molecule has 0 spiro atoms. The molecule has 0 radical (unpaired) electrons. The average molecular weight is 263 g/mol. The first-order valence-electron chi connectivity index (χ1n) is 6.47. The Hall–Kier alpha value is -1.82. The van der Waals surface area contributed by atoms with Gasteiger partial charge in [-0.2, -0.15) is 0 Å². The van der Waals surface area contributed by atoms with Crippen LogP contribution in [0.1, 0.15) is 18.4 Å². The first-order valence-corrected chi connectivity index (χ1v) is 6.47. The second-order valence-electron chi connectivity index (χ2n) is 5.07. The Bertz CT molecular complexity index is 435. The number of aromatic nitrogens is 1. The predicted molar refractivity (Wildman–Crippen MR) is 75.7 cm³/mol. The maximum atomic E-state index is 8.61. The number of nitrogens with zero attached hydrogens (tertiary/aromatic N) is 4. The van der Waals surface area contributed by atoms with E-state index in [1.165, 1.54) is 0 Å². The molecular weight excluding hydrogens is 242 g/mol. The molecule has 0 aliphatic carbocycles. The Morgan fingerprint density at radius 3 is 2.58 bits per heavy atom. The number of nitrogens with two attached hydrogens (primary N) is 1. The van der Waals surface area contributed by atoms with Crippen molar-refractivity contribution in [2.75, 3.05) is 32.1 Å². The van der Waals surface area contributed by atoms with Crippen molar-refractivity contribution in [2.24, 2.45) is 10.9 Å². The van der Waals surface area contributed by atoms with Gasteiger partial charge < -0.3 is 20.7 Å². The number of oxime groups is 1. The molecule has 1 saturated heterocycles. The van der Waals surface area contributed by atoms with Crippen LogP contribution in [0.3, 0.4) is 0 Å². The Kier molecular flexibility index (Phi) is 4.21. The minimum atomic E-state index is 0.0883. The monoisotopic (exact) mass is 263 g/mol. The van der Waals surface area contributed by atoms with Crippen LogP contribution in [0.2, 0.25) is 0 Å². The molecule has 0 unspecified atom stereocenters. The molecule has 1 aromatic heterocycles. The largest absolute Gasteiger partial charge is 0.409 e. The van der Waals surface area contributed by atoms with Crippen LogP contribution in [-0.4, -0.2) is 54.2 Å². The van der Waals surface area contributed by atoms with Crippen molar-refractivity contribution in [3.8, 4) is 0 Å². The van der Waals surface area contributed by atoms with E-state index in [4.69, 9.17) is 10.9 Å². The lowest BCUT2D eigenvalue weighted by atomic mass is 10.0. The predicted octanol–water partition coefficient (Wildman–Crippen LogP) is 0.707. The van der Waals surface area contributed by atoms with Gasteiger partial charge in [0.15, 0.2) is 5.84 Å². The van der Waals surface area contributed by atoms with Gasteiger partial charge in [0, 0.05) is 30.9 Å². The van der Waals surface area contributed by atoms with Crippen molar-refractivity contribution in [2.45, 2.75) is 18.9 Å². The number of hydrogen-bond donors (Lipinski definition) is 2. The fourth-order valence-corrected chi connectivity index (χ4v) is 2.39. The molecular formula is C13H21N5O. The van der Waals surface area contributed by atoms with E-state index in [1.54, 1.807) is 6.20 Å². The molecule has 1 aliphatic heterocycles. The van der Waals surface area contributed by atoms with Gasteiger partial charge in [-0.1, -0.05) is 5.16 Å². The molecule has 0 amide bonds. The van der Waals surface area contributed by atoms with E-state index in [0.717, 1.165) is 31.7 Å². The molecule has 104 valence electrons. The van der Waals surface area contributed by atoms with Crippen LogP contribution < -0.4 is 10.6 Å². The lowest BCUT2D eigenvalue weighted by Crippen LogP contribution is -2.42. The molecule has 1 fully saturated rings. The first kappa shape index (κ1) is 13.6. The molecule has 3 N–H and O–H groups in total. The van der Waals surface area contributed by atoms with Crippen LogP contribution in [0.4, 0.5) is 5.82 Å². The van der Waals surface area contributed by atoms with Crippen molar-refractivity contribution in [1.82, 2.24) is 9.88 Å². The van der Waals surface area contributed by atoms with Crippen LogP contribution in [-0.2, 0) is 0 Å². The van der Waals surface area contributed by atoms with E-state index >= 15 is 0 Å². The van der Waals surface area contributed by atoms with Crippen LogP contribution in [0, 0.1) is 0 Å². The molecule has 2 rings (SSSR count). The van der Waals surface area contributed by atoms with E-state index in [2.05, 4.69) is 34.0 Å².